The van der Waals surface area contributed by atoms with Crippen molar-refractivity contribution in [2.75, 3.05) is 14.2 Å². The molecule has 0 aliphatic heterocycles. The third kappa shape index (κ3) is 7.57. The van der Waals surface area contributed by atoms with Gasteiger partial charge in [0.15, 0.2) is 0 Å². The number of hydrogen-bond acceptors (Lipinski definition) is 3. The molecule has 0 unspecified atom stereocenters. The Morgan fingerprint density at radius 3 is 1.71 bits per heavy atom. The molecule has 0 aromatic rings. The molecule has 0 heterocycles. The van der Waals surface area contributed by atoms with Gasteiger partial charge in [0.05, 0.1) is 0 Å². The summed E-state index contributed by atoms with van der Waals surface area (Å²) >= 11 is 0. The molecule has 0 aliphatic rings. The second-order valence-electron chi connectivity index (χ2n) is 0.603. The van der Waals surface area contributed by atoms with Crippen molar-refractivity contribution in [3.63, 3.8) is 0 Å². The van der Waals surface area contributed by atoms with Gasteiger partial charge in [-0.15, -0.1) is 0 Å². The Bertz CT molecular complexity index is 39.0. The maximum Gasteiger partial charge on any atom is 2.00 e. The molecule has 0 aromatic carbocycles. The zero-order valence-corrected chi connectivity index (χ0v) is 7.52. The molecule has 0 aliphatic carbocycles. The largest absolute Gasteiger partial charge is 2.00 e. The molecule has 0 spiro atoms. The van der Waals surface area contributed by atoms with Crippen molar-refractivity contribution in [2.24, 2.45) is 0 Å². The molecule has 0 rings (SSSR count). The standard InChI is InChI=1S/C2H7O3P.Ca.2H/c1-4-6(3)5-2;;;/h3H,1-2H3;;;/q;+2;2*-1. The van der Waals surface area contributed by atoms with E-state index < -0.39 is 8.60 Å². The van der Waals surface area contributed by atoms with Crippen LogP contribution in [0, 0.1) is 0 Å². The Hall–Kier alpha value is 1.57. The average molecular weight is 152 g/mol. The van der Waals surface area contributed by atoms with Crippen LogP contribution in [0.15, 0.2) is 0 Å². The summed E-state index contributed by atoms with van der Waals surface area (Å²) in [6.07, 6.45) is 0. The van der Waals surface area contributed by atoms with Crippen LogP contribution in [-0.2, 0) is 9.05 Å². The Labute approximate surface area is 77.0 Å². The van der Waals surface area contributed by atoms with E-state index in [1.165, 1.54) is 14.2 Å². The summed E-state index contributed by atoms with van der Waals surface area (Å²) in [5.41, 5.74) is 0. The van der Waals surface area contributed by atoms with Gasteiger partial charge in [-0.3, -0.25) is 0 Å². The molecule has 0 radical (unpaired) electrons. The summed E-state index contributed by atoms with van der Waals surface area (Å²) in [4.78, 5) is 8.29. The molecule has 0 saturated heterocycles. The summed E-state index contributed by atoms with van der Waals surface area (Å²) in [7, 11) is 1.19. The van der Waals surface area contributed by atoms with E-state index in [-0.39, 0.29) is 40.6 Å². The van der Waals surface area contributed by atoms with E-state index in [0.29, 0.717) is 0 Å². The molecule has 0 saturated carbocycles. The third-order valence-electron chi connectivity index (χ3n) is 0.312. The van der Waals surface area contributed by atoms with Gasteiger partial charge in [0, 0.05) is 14.2 Å². The van der Waals surface area contributed by atoms with Crippen molar-refractivity contribution >= 4 is 46.3 Å². The summed E-state index contributed by atoms with van der Waals surface area (Å²) in [6, 6.07) is 0. The summed E-state index contributed by atoms with van der Waals surface area (Å²) in [6.45, 7) is 0. The smallest absolute Gasteiger partial charge is 1.00 e. The normalized spacial score (nSPS) is 8.57. The molecule has 0 bridgehead atoms. The van der Waals surface area contributed by atoms with Gasteiger partial charge in [-0.05, 0) is 0 Å². The monoisotopic (exact) mass is 152 g/mol. The molecule has 7 heavy (non-hydrogen) atoms. The predicted molar refractivity (Wildman–Crippen MR) is 31.1 cm³/mol. The van der Waals surface area contributed by atoms with Gasteiger partial charge in [0.2, 0.25) is 0 Å². The van der Waals surface area contributed by atoms with Gasteiger partial charge < -0.3 is 16.8 Å². The van der Waals surface area contributed by atoms with Gasteiger partial charge in [0.1, 0.15) is 0 Å². The molecular weight excluding hydrogens is 143 g/mol. The second kappa shape index (κ2) is 7.57. The van der Waals surface area contributed by atoms with Gasteiger partial charge in [-0.2, -0.15) is 0 Å². The van der Waals surface area contributed by atoms with Crippen molar-refractivity contribution in [1.29, 1.82) is 0 Å². The SMILES string of the molecule is COP(O)OC.[Ca+2].[H-].[H-]. The first-order valence-corrected chi connectivity index (χ1v) is 2.51. The van der Waals surface area contributed by atoms with Crippen molar-refractivity contribution in [3.8, 4) is 0 Å². The average Bonchev–Trinajstić information content (AvgIpc) is 1.65. The van der Waals surface area contributed by atoms with Crippen LogP contribution in [0.1, 0.15) is 2.85 Å². The van der Waals surface area contributed by atoms with Crippen LogP contribution in [0.4, 0.5) is 0 Å². The zero-order valence-electron chi connectivity index (χ0n) is 6.42. The van der Waals surface area contributed by atoms with Crippen LogP contribution in [-0.4, -0.2) is 56.9 Å². The zero-order chi connectivity index (χ0) is 4.99. The minimum absolute atomic E-state index is 0. The van der Waals surface area contributed by atoms with E-state index in [1.807, 2.05) is 0 Å². The van der Waals surface area contributed by atoms with Crippen molar-refractivity contribution < 1.29 is 16.8 Å². The van der Waals surface area contributed by atoms with Gasteiger partial charge in [0.25, 0.3) is 0 Å². The van der Waals surface area contributed by atoms with E-state index in [4.69, 9.17) is 4.89 Å². The van der Waals surface area contributed by atoms with Crippen LogP contribution in [0.2, 0.25) is 0 Å². The molecule has 0 amide bonds. The van der Waals surface area contributed by atoms with Crippen molar-refractivity contribution in [3.05, 3.63) is 0 Å². The van der Waals surface area contributed by atoms with E-state index >= 15 is 0 Å². The summed E-state index contributed by atoms with van der Waals surface area (Å²) in [5, 5.41) is 0. The fourth-order valence-corrected chi connectivity index (χ4v) is 0.224. The second-order valence-corrected chi connectivity index (χ2v) is 1.81. The van der Waals surface area contributed by atoms with Crippen LogP contribution < -0.4 is 0 Å². The molecule has 42 valence electrons. The molecule has 3 nitrogen and oxygen atoms in total. The fourth-order valence-electron chi connectivity index (χ4n) is 0.0745. The molecule has 0 fully saturated rings. The van der Waals surface area contributed by atoms with Gasteiger partial charge in [-0.25, -0.2) is 0 Å². The molecule has 5 heteroatoms. The molecule has 1 N–H and O–H groups in total. The summed E-state index contributed by atoms with van der Waals surface area (Å²) < 4.78 is 8.59. The van der Waals surface area contributed by atoms with Crippen molar-refractivity contribution in [1.82, 2.24) is 0 Å². The Balaban J connectivity index is -0.0000000417. The van der Waals surface area contributed by atoms with Crippen LogP contribution >= 0.6 is 8.60 Å². The minimum Gasteiger partial charge on any atom is -1.00 e. The number of hydrogen-bond donors (Lipinski definition) is 1. The van der Waals surface area contributed by atoms with Gasteiger partial charge >= 0.3 is 46.3 Å². The Morgan fingerprint density at radius 1 is 1.43 bits per heavy atom. The van der Waals surface area contributed by atoms with Crippen LogP contribution in [0.25, 0.3) is 0 Å². The summed E-state index contributed by atoms with van der Waals surface area (Å²) in [5.74, 6) is 0. The predicted octanol–water partition coefficient (Wildman–Crippen LogP) is 0.343. The van der Waals surface area contributed by atoms with Crippen LogP contribution in [0.5, 0.6) is 0 Å². The van der Waals surface area contributed by atoms with Crippen molar-refractivity contribution in [2.45, 2.75) is 0 Å². The Morgan fingerprint density at radius 2 is 1.71 bits per heavy atom. The fraction of sp³-hybridized carbons (Fsp3) is 1.00. The maximum absolute atomic E-state index is 8.29. The van der Waals surface area contributed by atoms with E-state index in [2.05, 4.69) is 9.05 Å². The van der Waals surface area contributed by atoms with E-state index in [9.17, 15) is 0 Å². The van der Waals surface area contributed by atoms with Gasteiger partial charge in [-0.1, -0.05) is 0 Å². The minimum atomic E-state index is -1.58. The molecule has 0 aromatic heterocycles. The molecular formula is C2H9CaO3P. The first-order valence-electron chi connectivity index (χ1n) is 1.38. The first-order chi connectivity index (χ1) is 2.81. The molecule has 0 atom stereocenters. The topological polar surface area (TPSA) is 38.7 Å². The van der Waals surface area contributed by atoms with E-state index in [0.717, 1.165) is 0 Å². The quantitative estimate of drug-likeness (QED) is 0.458. The van der Waals surface area contributed by atoms with E-state index in [1.54, 1.807) is 0 Å². The maximum atomic E-state index is 8.29. The Kier molecular flexibility index (Phi) is 12.3. The number of rotatable bonds is 2. The first kappa shape index (κ1) is 11.4. The van der Waals surface area contributed by atoms with Crippen LogP contribution in [0.3, 0.4) is 0 Å². The third-order valence-corrected chi connectivity index (χ3v) is 0.937.